The molecule has 0 aromatic heterocycles. The number of benzene rings is 2. The number of nitrogens with one attached hydrogen (secondary N) is 1. The Morgan fingerprint density at radius 1 is 1.05 bits per heavy atom. The third kappa shape index (κ3) is 2.76. The third-order valence-corrected chi connectivity index (χ3v) is 11.6. The number of rotatable bonds is 5. The van der Waals surface area contributed by atoms with Crippen molar-refractivity contribution in [2.24, 2.45) is 16.7 Å². The van der Waals surface area contributed by atoms with E-state index in [4.69, 9.17) is 14.2 Å². The second-order valence-electron chi connectivity index (χ2n) is 13.6. The highest BCUT2D eigenvalue weighted by Gasteiger charge is 2.81. The molecular weight excluding hydrogens is 462 g/mol. The van der Waals surface area contributed by atoms with E-state index in [9.17, 15) is 5.11 Å². The maximum absolute atomic E-state index is 12.2. The average molecular weight is 504 g/mol. The van der Waals surface area contributed by atoms with Crippen molar-refractivity contribution in [2.75, 3.05) is 13.7 Å². The Labute approximate surface area is 220 Å². The monoisotopic (exact) mass is 503 g/mol. The summed E-state index contributed by atoms with van der Waals surface area (Å²) in [5, 5.41) is 16.1. The molecule has 2 aromatic carbocycles. The van der Waals surface area contributed by atoms with Crippen molar-refractivity contribution < 1.29 is 19.3 Å². The molecule has 4 fully saturated rings. The van der Waals surface area contributed by atoms with Crippen LogP contribution < -0.4 is 14.8 Å². The van der Waals surface area contributed by atoms with Crippen molar-refractivity contribution in [3.05, 3.63) is 59.2 Å². The van der Waals surface area contributed by atoms with Gasteiger partial charge in [-0.1, -0.05) is 57.2 Å². The highest BCUT2D eigenvalue weighted by Crippen LogP contribution is 2.77. The standard InChI is InChI=1S/C32H41NO4/c1-28(2,3)29(4,34)23-18-30-13-14-32(23,35-5)27-31(30)15-16-33-24(30)17-21-11-12-22(26(37-27)25(21)31)36-19-20-9-7-6-8-10-20/h6-12,23-24,27,33-34H,13-19H2,1-5H3/t23-,24-,27-,29?,30-,31+,32-/m1/s1. The van der Waals surface area contributed by atoms with Gasteiger partial charge in [0.25, 0.3) is 0 Å². The van der Waals surface area contributed by atoms with Crippen LogP contribution in [0.25, 0.3) is 0 Å². The molecule has 6 aliphatic rings. The molecule has 5 heteroatoms. The van der Waals surface area contributed by atoms with E-state index in [1.165, 1.54) is 11.1 Å². The first-order valence-electron chi connectivity index (χ1n) is 14.1. The molecule has 5 nitrogen and oxygen atoms in total. The van der Waals surface area contributed by atoms with Crippen LogP contribution in [0.1, 0.15) is 70.1 Å². The van der Waals surface area contributed by atoms with E-state index in [1.54, 1.807) is 0 Å². The Kier molecular flexibility index (Phi) is 4.88. The van der Waals surface area contributed by atoms with Gasteiger partial charge in [-0.25, -0.2) is 0 Å². The lowest BCUT2D eigenvalue weighted by atomic mass is 9.33. The zero-order valence-electron chi connectivity index (χ0n) is 22.9. The van der Waals surface area contributed by atoms with Gasteiger partial charge in [-0.2, -0.15) is 0 Å². The molecule has 1 saturated heterocycles. The highest BCUT2D eigenvalue weighted by molar-refractivity contribution is 5.63. The van der Waals surface area contributed by atoms with Crippen molar-refractivity contribution in [2.45, 2.75) is 95.2 Å². The molecule has 198 valence electrons. The lowest BCUT2D eigenvalue weighted by Gasteiger charge is -2.74. The molecule has 7 atom stereocenters. The highest BCUT2D eigenvalue weighted by atomic mass is 16.6. The predicted molar refractivity (Wildman–Crippen MR) is 143 cm³/mol. The number of fused-ring (bicyclic) bond motifs is 2. The molecule has 2 heterocycles. The lowest BCUT2D eigenvalue weighted by molar-refractivity contribution is -0.303. The van der Waals surface area contributed by atoms with Crippen molar-refractivity contribution in [1.82, 2.24) is 5.32 Å². The Hall–Kier alpha value is -2.08. The molecule has 3 saturated carbocycles. The van der Waals surface area contributed by atoms with Crippen molar-refractivity contribution in [3.63, 3.8) is 0 Å². The van der Waals surface area contributed by atoms with Gasteiger partial charge in [0.2, 0.25) is 0 Å². The quantitative estimate of drug-likeness (QED) is 0.590. The third-order valence-electron chi connectivity index (χ3n) is 11.6. The number of methoxy groups -OCH3 is 1. The molecule has 0 amide bonds. The topological polar surface area (TPSA) is 60.0 Å². The van der Waals surface area contributed by atoms with Crippen molar-refractivity contribution in [3.8, 4) is 11.5 Å². The van der Waals surface area contributed by atoms with E-state index in [-0.39, 0.29) is 28.3 Å². The molecule has 37 heavy (non-hydrogen) atoms. The second kappa shape index (κ2) is 7.52. The summed E-state index contributed by atoms with van der Waals surface area (Å²) in [5.74, 6) is 1.75. The maximum Gasteiger partial charge on any atom is 0.166 e. The van der Waals surface area contributed by atoms with Gasteiger partial charge in [-0.05, 0) is 68.2 Å². The lowest BCUT2D eigenvalue weighted by Crippen LogP contribution is -2.83. The van der Waals surface area contributed by atoms with Gasteiger partial charge in [-0.15, -0.1) is 0 Å². The summed E-state index contributed by atoms with van der Waals surface area (Å²) in [4.78, 5) is 0. The minimum Gasteiger partial charge on any atom is -0.485 e. The SMILES string of the molecule is CO[C@]12CC[C@@]3(C[C@@H]1C(C)(O)C(C)(C)C)[C@H]1Cc4ccc(OCc5ccccc5)c5c4[C@@]3(CCN1)[C@H]2O5. The van der Waals surface area contributed by atoms with Crippen LogP contribution >= 0.6 is 0 Å². The molecule has 4 aliphatic carbocycles. The van der Waals surface area contributed by atoms with Gasteiger partial charge in [0.1, 0.15) is 18.3 Å². The summed E-state index contributed by atoms with van der Waals surface area (Å²) < 4.78 is 20.3. The summed E-state index contributed by atoms with van der Waals surface area (Å²) in [6.45, 7) is 10.0. The minimum absolute atomic E-state index is 0.0242. The van der Waals surface area contributed by atoms with Gasteiger partial charge in [0.15, 0.2) is 11.5 Å². The first kappa shape index (κ1) is 24.0. The summed E-state index contributed by atoms with van der Waals surface area (Å²) in [5.41, 5.74) is 2.10. The van der Waals surface area contributed by atoms with Gasteiger partial charge < -0.3 is 24.6 Å². The predicted octanol–water partition coefficient (Wildman–Crippen LogP) is 5.16. The number of piperidine rings is 1. The smallest absolute Gasteiger partial charge is 0.166 e. The second-order valence-corrected chi connectivity index (χ2v) is 13.6. The van der Waals surface area contributed by atoms with E-state index in [0.29, 0.717) is 12.6 Å². The summed E-state index contributed by atoms with van der Waals surface area (Å²) in [6, 6.07) is 15.1. The van der Waals surface area contributed by atoms with Crippen molar-refractivity contribution >= 4 is 0 Å². The Balaban J connectivity index is 1.40. The van der Waals surface area contributed by atoms with E-state index in [2.05, 4.69) is 62.5 Å². The first-order chi connectivity index (χ1) is 17.6. The van der Waals surface area contributed by atoms with Crippen LogP contribution in [0, 0.1) is 16.7 Å². The summed E-state index contributed by atoms with van der Waals surface area (Å²) >= 11 is 0. The molecule has 1 unspecified atom stereocenters. The van der Waals surface area contributed by atoms with Crippen molar-refractivity contribution in [1.29, 1.82) is 0 Å². The van der Waals surface area contributed by atoms with Gasteiger partial charge in [0, 0.05) is 35.5 Å². The molecule has 0 radical (unpaired) electrons. The number of hydrogen-bond donors (Lipinski definition) is 2. The van der Waals surface area contributed by atoms with Crippen LogP contribution in [0.3, 0.4) is 0 Å². The zero-order valence-corrected chi connectivity index (χ0v) is 22.9. The molecule has 2 aliphatic heterocycles. The van der Waals surface area contributed by atoms with Gasteiger partial charge >= 0.3 is 0 Å². The zero-order chi connectivity index (χ0) is 25.8. The first-order valence-corrected chi connectivity index (χ1v) is 14.1. The fraction of sp³-hybridized carbons (Fsp3) is 0.625. The van der Waals surface area contributed by atoms with Crippen LogP contribution in [-0.4, -0.2) is 42.1 Å². The van der Waals surface area contributed by atoms with Gasteiger partial charge in [0.05, 0.1) is 5.60 Å². The van der Waals surface area contributed by atoms with Gasteiger partial charge in [-0.3, -0.25) is 0 Å². The fourth-order valence-corrected chi connectivity index (χ4v) is 9.36. The van der Waals surface area contributed by atoms with E-state index < -0.39 is 11.2 Å². The number of hydrogen-bond acceptors (Lipinski definition) is 5. The van der Waals surface area contributed by atoms with Crippen LogP contribution in [0.4, 0.5) is 0 Å². The van der Waals surface area contributed by atoms with E-state index in [1.807, 2.05) is 20.1 Å². The average Bonchev–Trinajstić information content (AvgIpc) is 3.24. The molecule has 4 bridgehead atoms. The summed E-state index contributed by atoms with van der Waals surface area (Å²) in [6.07, 6.45) is 4.87. The Morgan fingerprint density at radius 2 is 1.84 bits per heavy atom. The van der Waals surface area contributed by atoms with Crippen LogP contribution in [-0.2, 0) is 23.2 Å². The fourth-order valence-electron chi connectivity index (χ4n) is 9.36. The Bertz CT molecular complexity index is 1240. The van der Waals surface area contributed by atoms with Crippen LogP contribution in [0.15, 0.2) is 42.5 Å². The molecule has 2 N–H and O–H groups in total. The molecule has 2 aromatic rings. The number of aliphatic hydroxyl groups is 1. The molecule has 2 spiro atoms. The van der Waals surface area contributed by atoms with E-state index in [0.717, 1.165) is 55.7 Å². The van der Waals surface area contributed by atoms with E-state index >= 15 is 0 Å². The number of ether oxygens (including phenoxy) is 3. The minimum atomic E-state index is -0.905. The van der Waals surface area contributed by atoms with Crippen LogP contribution in [0.2, 0.25) is 0 Å². The molecule has 8 rings (SSSR count). The molecular formula is C32H41NO4. The summed E-state index contributed by atoms with van der Waals surface area (Å²) in [7, 11) is 1.85. The normalized spacial score (nSPS) is 38.5. The Morgan fingerprint density at radius 3 is 2.57 bits per heavy atom. The largest absolute Gasteiger partial charge is 0.485 e. The maximum atomic E-state index is 12.2. The van der Waals surface area contributed by atoms with Crippen LogP contribution in [0.5, 0.6) is 11.5 Å².